The largest absolute Gasteiger partial charge is 0.484 e. The molecule has 0 aliphatic rings. The number of hydrogen-bond donors (Lipinski definition) is 3. The molecule has 0 saturated heterocycles. The van der Waals surface area contributed by atoms with Gasteiger partial charge in [-0.25, -0.2) is 0 Å². The van der Waals surface area contributed by atoms with Crippen LogP contribution in [-0.4, -0.2) is 55.9 Å². The fraction of sp³-hybridized carbons (Fsp3) is 0.500. The van der Waals surface area contributed by atoms with E-state index in [0.717, 1.165) is 5.56 Å². The maximum atomic E-state index is 11.8. The number of carbonyl (C=O) groups excluding carboxylic acids is 3. The summed E-state index contributed by atoms with van der Waals surface area (Å²) in [6.45, 7) is 3.78. The van der Waals surface area contributed by atoms with Crippen molar-refractivity contribution >= 4 is 30.1 Å². The molecule has 4 N–H and O–H groups in total. The van der Waals surface area contributed by atoms with Crippen LogP contribution in [0.15, 0.2) is 24.3 Å². The number of halogens is 1. The van der Waals surface area contributed by atoms with Crippen molar-refractivity contribution < 1.29 is 19.1 Å². The third kappa shape index (κ3) is 9.25. The van der Waals surface area contributed by atoms with Gasteiger partial charge in [-0.3, -0.25) is 14.4 Å². The van der Waals surface area contributed by atoms with Gasteiger partial charge in [-0.1, -0.05) is 26.0 Å². The Morgan fingerprint density at radius 3 is 2.44 bits per heavy atom. The summed E-state index contributed by atoms with van der Waals surface area (Å²) in [6, 6.07) is 6.45. The molecule has 1 rings (SSSR count). The van der Waals surface area contributed by atoms with E-state index in [1.54, 1.807) is 32.3 Å². The summed E-state index contributed by atoms with van der Waals surface area (Å²) in [7, 11) is 3.31. The van der Waals surface area contributed by atoms with Gasteiger partial charge in [0, 0.05) is 20.6 Å². The maximum Gasteiger partial charge on any atom is 0.259 e. The minimum Gasteiger partial charge on any atom is -0.484 e. The Balaban J connectivity index is 0.00000676. The highest BCUT2D eigenvalue weighted by molar-refractivity contribution is 5.87. The maximum absolute atomic E-state index is 11.8. The van der Waals surface area contributed by atoms with Gasteiger partial charge in [-0.05, 0) is 23.6 Å². The second-order valence-corrected chi connectivity index (χ2v) is 6.49. The summed E-state index contributed by atoms with van der Waals surface area (Å²) >= 11 is 0. The summed E-state index contributed by atoms with van der Waals surface area (Å²) in [5, 5.41) is 5.22. The van der Waals surface area contributed by atoms with Crippen molar-refractivity contribution in [2.75, 3.05) is 27.2 Å². The van der Waals surface area contributed by atoms with Crippen molar-refractivity contribution in [2.45, 2.75) is 26.4 Å². The molecule has 0 saturated carbocycles. The lowest BCUT2D eigenvalue weighted by molar-refractivity contribution is -0.130. The lowest BCUT2D eigenvalue weighted by Gasteiger charge is -2.15. The average Bonchev–Trinajstić information content (AvgIpc) is 2.61. The first-order valence-electron chi connectivity index (χ1n) is 8.42. The molecule has 0 heterocycles. The third-order valence-electron chi connectivity index (χ3n) is 3.69. The zero-order valence-corrected chi connectivity index (χ0v) is 17.0. The fourth-order valence-corrected chi connectivity index (χ4v) is 1.87. The average molecular weight is 401 g/mol. The van der Waals surface area contributed by atoms with Gasteiger partial charge in [0.1, 0.15) is 5.75 Å². The highest BCUT2D eigenvalue weighted by atomic mass is 35.5. The van der Waals surface area contributed by atoms with Crippen molar-refractivity contribution in [1.82, 2.24) is 15.5 Å². The molecule has 0 unspecified atom stereocenters. The van der Waals surface area contributed by atoms with E-state index in [4.69, 9.17) is 10.5 Å². The molecule has 8 nitrogen and oxygen atoms in total. The molecule has 0 fully saturated rings. The number of ether oxygens (including phenoxy) is 1. The summed E-state index contributed by atoms with van der Waals surface area (Å²) in [5.74, 6) is -0.262. The van der Waals surface area contributed by atoms with Crippen molar-refractivity contribution in [1.29, 1.82) is 0 Å². The highest BCUT2D eigenvalue weighted by Crippen LogP contribution is 2.13. The van der Waals surface area contributed by atoms with Gasteiger partial charge in [-0.15, -0.1) is 12.4 Å². The van der Waals surface area contributed by atoms with Crippen LogP contribution in [0.2, 0.25) is 0 Å². The van der Waals surface area contributed by atoms with Crippen LogP contribution >= 0.6 is 12.4 Å². The molecular weight excluding hydrogens is 372 g/mol. The molecular formula is C18H29ClN4O4. The van der Waals surface area contributed by atoms with E-state index in [1.165, 1.54) is 4.90 Å². The quantitative estimate of drug-likeness (QED) is 0.551. The molecule has 0 bridgehead atoms. The monoisotopic (exact) mass is 400 g/mol. The Labute approximate surface area is 166 Å². The van der Waals surface area contributed by atoms with Gasteiger partial charge in [0.05, 0.1) is 12.6 Å². The minimum absolute atomic E-state index is 0. The SMILES string of the molecule is CC(C)[C@H](N)C(=O)NCC(=O)NCc1cccc(OCC(=O)N(C)C)c1.Cl. The number of likely N-dealkylation sites (N-methyl/N-ethyl adjacent to an activating group) is 1. The molecule has 1 aromatic carbocycles. The standard InChI is InChI=1S/C18H28N4O4.ClH/c1-12(2)17(19)18(25)21-10-15(23)20-9-13-6-5-7-14(8-13)26-11-16(24)22(3)4;/h5-8,12,17H,9-11,19H2,1-4H3,(H,20,23)(H,21,25);1H/t17-;/m0./s1. The lowest BCUT2D eigenvalue weighted by atomic mass is 10.1. The Morgan fingerprint density at radius 1 is 1.19 bits per heavy atom. The van der Waals surface area contributed by atoms with E-state index >= 15 is 0 Å². The van der Waals surface area contributed by atoms with Crippen molar-refractivity contribution in [2.24, 2.45) is 11.7 Å². The predicted molar refractivity (Wildman–Crippen MR) is 106 cm³/mol. The molecule has 0 aliphatic carbocycles. The van der Waals surface area contributed by atoms with Crippen LogP contribution in [0, 0.1) is 5.92 Å². The smallest absolute Gasteiger partial charge is 0.259 e. The first kappa shape index (κ1) is 24.7. The molecule has 0 aliphatic heterocycles. The lowest BCUT2D eigenvalue weighted by Crippen LogP contribution is -2.47. The number of nitrogens with two attached hydrogens (primary N) is 1. The molecule has 0 radical (unpaired) electrons. The zero-order chi connectivity index (χ0) is 19.7. The molecule has 3 amide bonds. The van der Waals surface area contributed by atoms with Gasteiger partial charge in [0.25, 0.3) is 5.91 Å². The van der Waals surface area contributed by atoms with E-state index < -0.39 is 6.04 Å². The van der Waals surface area contributed by atoms with Crippen LogP contribution in [0.3, 0.4) is 0 Å². The molecule has 1 atom stereocenters. The molecule has 0 aromatic heterocycles. The number of hydrogen-bond acceptors (Lipinski definition) is 5. The van der Waals surface area contributed by atoms with Gasteiger partial charge in [0.2, 0.25) is 11.8 Å². The van der Waals surface area contributed by atoms with E-state index in [-0.39, 0.29) is 55.7 Å². The normalized spacial score (nSPS) is 11.2. The van der Waals surface area contributed by atoms with Crippen LogP contribution in [0.5, 0.6) is 5.75 Å². The second-order valence-electron chi connectivity index (χ2n) is 6.49. The third-order valence-corrected chi connectivity index (χ3v) is 3.69. The number of rotatable bonds is 9. The highest BCUT2D eigenvalue weighted by Gasteiger charge is 2.17. The first-order valence-corrected chi connectivity index (χ1v) is 8.42. The molecule has 152 valence electrons. The number of nitrogens with zero attached hydrogens (tertiary/aromatic N) is 1. The number of carbonyl (C=O) groups is 3. The van der Waals surface area contributed by atoms with Crippen LogP contribution in [0.25, 0.3) is 0 Å². The number of amides is 3. The fourth-order valence-electron chi connectivity index (χ4n) is 1.87. The topological polar surface area (TPSA) is 114 Å². The van der Waals surface area contributed by atoms with E-state index in [9.17, 15) is 14.4 Å². The molecule has 1 aromatic rings. The molecule has 27 heavy (non-hydrogen) atoms. The number of benzene rings is 1. The zero-order valence-electron chi connectivity index (χ0n) is 16.2. The summed E-state index contributed by atoms with van der Waals surface area (Å²) < 4.78 is 5.43. The summed E-state index contributed by atoms with van der Waals surface area (Å²) in [6.07, 6.45) is 0. The first-order chi connectivity index (χ1) is 12.2. The summed E-state index contributed by atoms with van der Waals surface area (Å²) in [5.41, 5.74) is 6.53. The molecule has 9 heteroatoms. The Kier molecular flexibility index (Phi) is 11.1. The minimum atomic E-state index is -0.637. The van der Waals surface area contributed by atoms with Gasteiger partial charge in [0.15, 0.2) is 6.61 Å². The molecule has 0 spiro atoms. The van der Waals surface area contributed by atoms with Crippen molar-refractivity contribution in [3.8, 4) is 5.75 Å². The predicted octanol–water partition coefficient (Wildman–Crippen LogP) is 0.291. The van der Waals surface area contributed by atoms with E-state index in [2.05, 4.69) is 10.6 Å². The van der Waals surface area contributed by atoms with E-state index in [1.807, 2.05) is 19.9 Å². The Bertz CT molecular complexity index is 638. The van der Waals surface area contributed by atoms with Crippen molar-refractivity contribution in [3.63, 3.8) is 0 Å². The number of nitrogens with one attached hydrogen (secondary N) is 2. The Morgan fingerprint density at radius 2 is 1.85 bits per heavy atom. The van der Waals surface area contributed by atoms with Crippen LogP contribution in [-0.2, 0) is 20.9 Å². The second kappa shape index (κ2) is 12.1. The Hall–Kier alpha value is -2.32. The van der Waals surface area contributed by atoms with Gasteiger partial charge < -0.3 is 26.0 Å². The van der Waals surface area contributed by atoms with Gasteiger partial charge in [-0.2, -0.15) is 0 Å². The summed E-state index contributed by atoms with van der Waals surface area (Å²) in [4.78, 5) is 36.5. The van der Waals surface area contributed by atoms with Crippen molar-refractivity contribution in [3.05, 3.63) is 29.8 Å². The van der Waals surface area contributed by atoms with Gasteiger partial charge >= 0.3 is 0 Å². The van der Waals surface area contributed by atoms with Crippen LogP contribution in [0.4, 0.5) is 0 Å². The van der Waals surface area contributed by atoms with E-state index in [0.29, 0.717) is 5.75 Å². The van der Waals surface area contributed by atoms with Crippen LogP contribution in [0.1, 0.15) is 19.4 Å². The van der Waals surface area contributed by atoms with Crippen LogP contribution < -0.4 is 21.1 Å².